The minimum absolute atomic E-state index is 0.468. The molecule has 2 nitrogen and oxygen atoms in total. The Balaban J connectivity index is 2.60. The van der Waals surface area contributed by atoms with Crippen molar-refractivity contribution in [3.63, 3.8) is 0 Å². The van der Waals surface area contributed by atoms with Gasteiger partial charge in [-0.05, 0) is 50.6 Å². The smallest absolute Gasteiger partial charge is 0.0159 e. The zero-order chi connectivity index (χ0) is 13.8. The van der Waals surface area contributed by atoms with Crippen molar-refractivity contribution >= 4 is 0 Å². The van der Waals surface area contributed by atoms with E-state index in [0.29, 0.717) is 11.5 Å². The molecule has 1 saturated carbocycles. The van der Waals surface area contributed by atoms with Crippen molar-refractivity contribution in [3.05, 3.63) is 0 Å². The molecular weight excluding hydrogens is 220 g/mol. The van der Waals surface area contributed by atoms with E-state index in [4.69, 9.17) is 0 Å². The molecular formula is C16H34N2. The third-order valence-corrected chi connectivity index (χ3v) is 4.99. The lowest BCUT2D eigenvalue weighted by Gasteiger charge is -2.35. The molecule has 1 N–H and O–H groups in total. The van der Waals surface area contributed by atoms with Gasteiger partial charge in [-0.3, -0.25) is 0 Å². The van der Waals surface area contributed by atoms with Gasteiger partial charge in [0.1, 0.15) is 0 Å². The van der Waals surface area contributed by atoms with E-state index >= 15 is 0 Å². The fourth-order valence-electron chi connectivity index (χ4n) is 3.81. The van der Waals surface area contributed by atoms with Gasteiger partial charge >= 0.3 is 0 Å². The van der Waals surface area contributed by atoms with Crippen molar-refractivity contribution in [3.8, 4) is 0 Å². The molecule has 0 aromatic heterocycles. The van der Waals surface area contributed by atoms with Gasteiger partial charge in [0, 0.05) is 18.6 Å². The van der Waals surface area contributed by atoms with Gasteiger partial charge in [0.2, 0.25) is 0 Å². The highest BCUT2D eigenvalue weighted by Crippen LogP contribution is 2.41. The lowest BCUT2D eigenvalue weighted by molar-refractivity contribution is 0.164. The Bertz CT molecular complexity index is 233. The summed E-state index contributed by atoms with van der Waals surface area (Å²) in [6.07, 6.45) is 5.30. The Morgan fingerprint density at radius 3 is 2.33 bits per heavy atom. The molecule has 108 valence electrons. The summed E-state index contributed by atoms with van der Waals surface area (Å²) in [7, 11) is 2.31. The van der Waals surface area contributed by atoms with E-state index < -0.39 is 0 Å². The molecule has 0 aliphatic heterocycles. The summed E-state index contributed by atoms with van der Waals surface area (Å²) >= 11 is 0. The molecule has 1 aliphatic rings. The highest BCUT2D eigenvalue weighted by molar-refractivity contribution is 4.97. The van der Waals surface area contributed by atoms with E-state index in [1.54, 1.807) is 0 Å². The van der Waals surface area contributed by atoms with Crippen molar-refractivity contribution in [2.45, 2.75) is 72.4 Å². The first-order chi connectivity index (χ1) is 8.46. The molecule has 0 bridgehead atoms. The summed E-state index contributed by atoms with van der Waals surface area (Å²) in [5.41, 5.74) is 0.468. The summed E-state index contributed by atoms with van der Waals surface area (Å²) < 4.78 is 0. The number of hydrogen-bond acceptors (Lipinski definition) is 2. The van der Waals surface area contributed by atoms with Gasteiger partial charge in [-0.1, -0.05) is 34.6 Å². The van der Waals surface area contributed by atoms with E-state index in [9.17, 15) is 0 Å². The summed E-state index contributed by atoms with van der Waals surface area (Å²) in [6.45, 7) is 14.1. The summed E-state index contributed by atoms with van der Waals surface area (Å²) in [5, 5.41) is 3.74. The number of hydrogen-bond donors (Lipinski definition) is 1. The van der Waals surface area contributed by atoms with Gasteiger partial charge in [-0.15, -0.1) is 0 Å². The maximum atomic E-state index is 3.74. The Labute approximate surface area is 115 Å². The Morgan fingerprint density at radius 2 is 1.83 bits per heavy atom. The summed E-state index contributed by atoms with van der Waals surface area (Å²) in [4.78, 5) is 2.59. The van der Waals surface area contributed by atoms with Crippen molar-refractivity contribution in [1.82, 2.24) is 10.2 Å². The Kier molecular flexibility index (Phi) is 6.13. The molecule has 2 unspecified atom stereocenters. The van der Waals surface area contributed by atoms with E-state index in [1.165, 1.54) is 32.2 Å². The zero-order valence-corrected chi connectivity index (χ0v) is 13.4. The van der Waals surface area contributed by atoms with Crippen molar-refractivity contribution in [2.75, 3.05) is 20.1 Å². The van der Waals surface area contributed by atoms with Crippen LogP contribution >= 0.6 is 0 Å². The van der Waals surface area contributed by atoms with Crippen LogP contribution in [-0.4, -0.2) is 37.1 Å². The normalized spacial score (nSPS) is 27.3. The Hall–Kier alpha value is -0.0800. The van der Waals surface area contributed by atoms with Crippen LogP contribution in [0.15, 0.2) is 0 Å². The van der Waals surface area contributed by atoms with E-state index in [0.717, 1.165) is 18.5 Å². The molecule has 1 aliphatic carbocycles. The van der Waals surface area contributed by atoms with Crippen LogP contribution < -0.4 is 5.32 Å². The van der Waals surface area contributed by atoms with E-state index in [-0.39, 0.29) is 0 Å². The van der Waals surface area contributed by atoms with Crippen LogP contribution in [0.3, 0.4) is 0 Å². The van der Waals surface area contributed by atoms with E-state index in [1.807, 2.05) is 0 Å². The quantitative estimate of drug-likeness (QED) is 0.748. The molecule has 2 heteroatoms. The molecule has 0 aromatic rings. The highest BCUT2D eigenvalue weighted by atomic mass is 15.1. The fraction of sp³-hybridized carbons (Fsp3) is 1.00. The standard InChI is InChI=1S/C16H34N2/c1-7-14(8-2)18(6)12-13-10-11-16(4,5)15(13)17-9-3/h13-15,17H,7-12H2,1-6H3. The van der Waals surface area contributed by atoms with Crippen LogP contribution in [0, 0.1) is 11.3 Å². The molecule has 1 fully saturated rings. The second kappa shape index (κ2) is 6.91. The van der Waals surface area contributed by atoms with Gasteiger partial charge in [-0.25, -0.2) is 0 Å². The minimum atomic E-state index is 0.468. The molecule has 18 heavy (non-hydrogen) atoms. The van der Waals surface area contributed by atoms with Crippen molar-refractivity contribution in [2.24, 2.45) is 11.3 Å². The van der Waals surface area contributed by atoms with Crippen LogP contribution in [-0.2, 0) is 0 Å². The fourth-order valence-corrected chi connectivity index (χ4v) is 3.81. The maximum absolute atomic E-state index is 3.74. The van der Waals surface area contributed by atoms with Crippen LogP contribution in [0.5, 0.6) is 0 Å². The average Bonchev–Trinajstić information content (AvgIpc) is 2.58. The number of nitrogens with one attached hydrogen (secondary N) is 1. The highest BCUT2D eigenvalue weighted by Gasteiger charge is 2.41. The monoisotopic (exact) mass is 254 g/mol. The van der Waals surface area contributed by atoms with Gasteiger partial charge in [-0.2, -0.15) is 0 Å². The van der Waals surface area contributed by atoms with Gasteiger partial charge in [0.15, 0.2) is 0 Å². The average molecular weight is 254 g/mol. The molecule has 0 spiro atoms. The SMILES string of the molecule is CCNC1C(CN(C)C(CC)CC)CCC1(C)C. The summed E-state index contributed by atoms with van der Waals surface area (Å²) in [5.74, 6) is 0.825. The second-order valence-electron chi connectivity index (χ2n) is 6.73. The third-order valence-electron chi connectivity index (χ3n) is 4.99. The lowest BCUT2D eigenvalue weighted by Crippen LogP contribution is -2.46. The molecule has 0 aromatic carbocycles. The van der Waals surface area contributed by atoms with Crippen LogP contribution in [0.1, 0.15) is 60.3 Å². The van der Waals surface area contributed by atoms with Gasteiger partial charge < -0.3 is 10.2 Å². The minimum Gasteiger partial charge on any atom is -0.313 e. The number of rotatable bonds is 7. The van der Waals surface area contributed by atoms with Crippen molar-refractivity contribution < 1.29 is 0 Å². The van der Waals surface area contributed by atoms with Crippen LogP contribution in [0.2, 0.25) is 0 Å². The first-order valence-electron chi connectivity index (χ1n) is 7.89. The molecule has 1 rings (SSSR count). The number of nitrogens with zero attached hydrogens (tertiary/aromatic N) is 1. The molecule has 0 saturated heterocycles. The molecule has 0 radical (unpaired) electrons. The summed E-state index contributed by atoms with van der Waals surface area (Å²) in [6, 6.07) is 1.45. The predicted molar refractivity (Wildman–Crippen MR) is 81.0 cm³/mol. The third kappa shape index (κ3) is 3.71. The molecule has 0 heterocycles. The topological polar surface area (TPSA) is 15.3 Å². The van der Waals surface area contributed by atoms with E-state index in [2.05, 4.69) is 51.9 Å². The molecule has 0 amide bonds. The molecule has 2 atom stereocenters. The van der Waals surface area contributed by atoms with Crippen LogP contribution in [0.4, 0.5) is 0 Å². The first-order valence-corrected chi connectivity index (χ1v) is 7.89. The largest absolute Gasteiger partial charge is 0.313 e. The van der Waals surface area contributed by atoms with Crippen molar-refractivity contribution in [1.29, 1.82) is 0 Å². The zero-order valence-electron chi connectivity index (χ0n) is 13.4. The Morgan fingerprint density at radius 1 is 1.22 bits per heavy atom. The predicted octanol–water partition coefficient (Wildman–Crippen LogP) is 3.52. The lowest BCUT2D eigenvalue weighted by atomic mass is 9.84. The van der Waals surface area contributed by atoms with Crippen LogP contribution in [0.25, 0.3) is 0 Å². The van der Waals surface area contributed by atoms with Gasteiger partial charge in [0.25, 0.3) is 0 Å². The maximum Gasteiger partial charge on any atom is 0.0159 e. The first kappa shape index (κ1) is 16.0. The van der Waals surface area contributed by atoms with Gasteiger partial charge in [0.05, 0.1) is 0 Å². The second-order valence-corrected chi connectivity index (χ2v) is 6.73.